The fourth-order valence-electron chi connectivity index (χ4n) is 2.88. The van der Waals surface area contributed by atoms with Crippen molar-refractivity contribution in [3.8, 4) is 17.6 Å². The van der Waals surface area contributed by atoms with E-state index in [-0.39, 0.29) is 12.1 Å². The normalized spacial score (nSPS) is 15.9. The number of fused-ring (bicyclic) bond motifs is 1. The Morgan fingerprint density at radius 3 is 1.81 bits per heavy atom. The van der Waals surface area contributed by atoms with Gasteiger partial charge in [-0.1, -0.05) is 0 Å². The number of alkyl halides is 13. The van der Waals surface area contributed by atoms with Gasteiger partial charge in [-0.15, -0.1) is 0 Å². The fourth-order valence-corrected chi connectivity index (χ4v) is 2.88. The predicted molar refractivity (Wildman–Crippen MR) is 87.3 cm³/mol. The Labute approximate surface area is 191 Å². The first kappa shape index (κ1) is 29.1. The lowest BCUT2D eigenvalue weighted by atomic mass is 9.85. The molecule has 0 aliphatic carbocycles. The van der Waals surface area contributed by atoms with Gasteiger partial charge in [0.25, 0.3) is 0 Å². The minimum Gasteiger partial charge on any atom is -0.465 e. The number of carbonyl (C=O) groups excluding carboxylic acids is 1. The molecule has 0 radical (unpaired) electrons. The Morgan fingerprint density at radius 1 is 0.889 bits per heavy atom. The van der Waals surface area contributed by atoms with Crippen LogP contribution in [0.15, 0.2) is 12.1 Å². The predicted octanol–water partition coefficient (Wildman–Crippen LogP) is 5.78. The number of hydrogen-bond acceptors (Lipinski definition) is 5. The summed E-state index contributed by atoms with van der Waals surface area (Å²) in [4.78, 5) is 12.0. The molecule has 18 heteroatoms. The van der Waals surface area contributed by atoms with Gasteiger partial charge in [-0.2, -0.15) is 62.3 Å². The van der Waals surface area contributed by atoms with Crippen LogP contribution in [-0.4, -0.2) is 49.2 Å². The number of benzene rings is 1. The number of carbonyl (C=O) groups is 1. The second-order valence-electron chi connectivity index (χ2n) is 6.98. The van der Waals surface area contributed by atoms with E-state index in [1.807, 2.05) is 0 Å². The van der Waals surface area contributed by atoms with E-state index in [2.05, 4.69) is 9.47 Å². The Morgan fingerprint density at radius 2 is 1.36 bits per heavy atom. The molecule has 36 heavy (non-hydrogen) atoms. The summed E-state index contributed by atoms with van der Waals surface area (Å²) in [6.07, 6.45) is -7.56. The molecule has 1 aromatic carbocycles. The molecule has 0 saturated carbocycles. The van der Waals surface area contributed by atoms with E-state index in [1.165, 1.54) is 0 Å². The van der Waals surface area contributed by atoms with Crippen molar-refractivity contribution in [3.63, 3.8) is 0 Å². The number of esters is 1. The van der Waals surface area contributed by atoms with Crippen LogP contribution in [-0.2, 0) is 15.5 Å². The molecule has 1 aromatic rings. The third kappa shape index (κ3) is 4.01. The van der Waals surface area contributed by atoms with Gasteiger partial charge in [-0.3, -0.25) is 4.79 Å². The average molecular weight is 551 g/mol. The second-order valence-corrected chi connectivity index (χ2v) is 6.98. The molecule has 0 bridgehead atoms. The summed E-state index contributed by atoms with van der Waals surface area (Å²) in [5.74, 6) is -44.4. The highest BCUT2D eigenvalue weighted by molar-refractivity contribution is 5.82. The van der Waals surface area contributed by atoms with Gasteiger partial charge in [0.1, 0.15) is 0 Å². The highest BCUT2D eigenvalue weighted by Gasteiger charge is 2.91. The molecule has 0 amide bonds. The summed E-state index contributed by atoms with van der Waals surface area (Å²) in [6.45, 7) is -0.192. The van der Waals surface area contributed by atoms with Crippen LogP contribution in [0.2, 0.25) is 0 Å². The van der Waals surface area contributed by atoms with Crippen LogP contribution in [0, 0.1) is 11.3 Å². The zero-order chi connectivity index (χ0) is 28.1. The summed E-state index contributed by atoms with van der Waals surface area (Å²) < 4.78 is 190. The SMILES string of the molecule is CCOC(=O)C(C#N)c1cc2c(cc1C(F)(F)C(F)(F)C(F)(F)C(F)(F)C(F)(F)C(F)(F)F)OCO2. The molecule has 0 saturated heterocycles. The minimum absolute atomic E-state index is 0.229. The van der Waals surface area contributed by atoms with Crippen molar-refractivity contribution < 1.29 is 76.1 Å². The van der Waals surface area contributed by atoms with Crippen molar-refractivity contribution in [3.05, 3.63) is 23.3 Å². The third-order valence-electron chi connectivity index (χ3n) is 4.78. The Balaban J connectivity index is 2.80. The van der Waals surface area contributed by atoms with Crippen molar-refractivity contribution in [2.75, 3.05) is 13.4 Å². The topological polar surface area (TPSA) is 68.6 Å². The first-order valence-corrected chi connectivity index (χ1v) is 9.09. The van der Waals surface area contributed by atoms with Crippen LogP contribution in [0.5, 0.6) is 11.5 Å². The molecule has 1 heterocycles. The van der Waals surface area contributed by atoms with Crippen LogP contribution in [0.25, 0.3) is 0 Å². The maximum absolute atomic E-state index is 14.9. The van der Waals surface area contributed by atoms with Gasteiger partial charge in [0.15, 0.2) is 17.4 Å². The number of rotatable bonds is 8. The summed E-state index contributed by atoms with van der Waals surface area (Å²) in [5.41, 5.74) is -4.10. The molecule has 2 rings (SSSR count). The van der Waals surface area contributed by atoms with E-state index < -0.39 is 83.7 Å². The Kier molecular flexibility index (Phi) is 7.08. The van der Waals surface area contributed by atoms with Gasteiger partial charge in [-0.25, -0.2) is 0 Å². The largest absolute Gasteiger partial charge is 0.465 e. The molecular weight excluding hydrogens is 541 g/mol. The van der Waals surface area contributed by atoms with Crippen LogP contribution >= 0.6 is 0 Å². The average Bonchev–Trinajstić information content (AvgIpc) is 3.20. The van der Waals surface area contributed by atoms with Gasteiger partial charge in [0, 0.05) is 5.56 Å². The maximum Gasteiger partial charge on any atom is 0.460 e. The quantitative estimate of drug-likeness (QED) is 0.303. The van der Waals surface area contributed by atoms with E-state index in [0.717, 1.165) is 13.0 Å². The third-order valence-corrected chi connectivity index (χ3v) is 4.78. The first-order chi connectivity index (χ1) is 16.1. The van der Waals surface area contributed by atoms with E-state index in [9.17, 15) is 61.9 Å². The lowest BCUT2D eigenvalue weighted by Crippen LogP contribution is -2.69. The first-order valence-electron chi connectivity index (χ1n) is 9.09. The van der Waals surface area contributed by atoms with Crippen LogP contribution in [0.3, 0.4) is 0 Å². The molecule has 1 atom stereocenters. The fraction of sp³-hybridized carbons (Fsp3) is 0.556. The molecule has 1 aliphatic rings. The molecule has 0 fully saturated rings. The molecular formula is C18H10F13NO4. The molecule has 202 valence electrons. The Bertz CT molecular complexity index is 1060. The zero-order valence-corrected chi connectivity index (χ0v) is 17.1. The second kappa shape index (κ2) is 8.76. The maximum atomic E-state index is 14.9. The number of nitriles is 1. The molecule has 0 aromatic heterocycles. The monoisotopic (exact) mass is 551 g/mol. The zero-order valence-electron chi connectivity index (χ0n) is 17.1. The summed E-state index contributed by atoms with van der Waals surface area (Å²) >= 11 is 0. The van der Waals surface area contributed by atoms with Crippen molar-refractivity contribution in [1.82, 2.24) is 0 Å². The van der Waals surface area contributed by atoms with Crippen LogP contribution in [0.4, 0.5) is 57.1 Å². The Hall–Kier alpha value is -3.13. The molecule has 0 spiro atoms. The molecule has 1 unspecified atom stereocenters. The summed E-state index contributed by atoms with van der Waals surface area (Å²) in [5, 5.41) is 9.16. The van der Waals surface area contributed by atoms with E-state index >= 15 is 0 Å². The van der Waals surface area contributed by atoms with Crippen molar-refractivity contribution >= 4 is 5.97 Å². The summed E-state index contributed by atoms with van der Waals surface area (Å²) in [7, 11) is 0. The molecule has 1 aliphatic heterocycles. The van der Waals surface area contributed by atoms with Gasteiger partial charge in [-0.05, 0) is 24.6 Å². The molecule has 0 N–H and O–H groups in total. The number of hydrogen-bond donors (Lipinski definition) is 0. The van der Waals surface area contributed by atoms with Crippen LogP contribution < -0.4 is 9.47 Å². The van der Waals surface area contributed by atoms with Gasteiger partial charge in [0.05, 0.1) is 12.7 Å². The smallest absolute Gasteiger partial charge is 0.460 e. The van der Waals surface area contributed by atoms with Gasteiger partial charge < -0.3 is 14.2 Å². The standard InChI is InChI=1S/C18H10F13NO4/c1-2-34-12(33)8(5-32)7-3-10-11(36-6-35-10)4-9(7)13(19,20)14(21,22)15(23,24)16(25,26)17(27,28)18(29,30)31/h3-4,8H,2,6H2,1H3. The molecule has 5 nitrogen and oxygen atoms in total. The lowest BCUT2D eigenvalue weighted by molar-refractivity contribution is -0.441. The van der Waals surface area contributed by atoms with E-state index in [4.69, 9.17) is 10.00 Å². The van der Waals surface area contributed by atoms with E-state index in [1.54, 1.807) is 0 Å². The van der Waals surface area contributed by atoms with Gasteiger partial charge >= 0.3 is 41.8 Å². The number of ether oxygens (including phenoxy) is 3. The van der Waals surface area contributed by atoms with Crippen molar-refractivity contribution in [2.45, 2.75) is 48.6 Å². The van der Waals surface area contributed by atoms with Crippen LogP contribution in [0.1, 0.15) is 24.0 Å². The van der Waals surface area contributed by atoms with Gasteiger partial charge in [0.2, 0.25) is 6.79 Å². The number of nitrogens with zero attached hydrogens (tertiary/aromatic N) is 1. The van der Waals surface area contributed by atoms with Crippen molar-refractivity contribution in [2.24, 2.45) is 0 Å². The highest BCUT2D eigenvalue weighted by atomic mass is 19.4. The number of halogens is 13. The minimum atomic E-state index is -8.11. The highest BCUT2D eigenvalue weighted by Crippen LogP contribution is 2.63. The lowest BCUT2D eigenvalue weighted by Gasteiger charge is -2.40. The summed E-state index contributed by atoms with van der Waals surface area (Å²) in [6, 6.07) is 1.00. The van der Waals surface area contributed by atoms with Crippen molar-refractivity contribution in [1.29, 1.82) is 5.26 Å². The van der Waals surface area contributed by atoms with E-state index in [0.29, 0.717) is 0 Å².